The Morgan fingerprint density at radius 1 is 1.62 bits per heavy atom. The second-order valence-electron chi connectivity index (χ2n) is 2.48. The second kappa shape index (κ2) is 4.07. The Labute approximate surface area is 77.1 Å². The SMILES string of the molecule is [B]CC(=O)c1ccc(F)c(OC)c1. The molecule has 0 unspecified atom stereocenters. The van der Waals surface area contributed by atoms with E-state index >= 15 is 0 Å². The smallest absolute Gasteiger partial charge is 0.165 e. The molecule has 0 bridgehead atoms. The molecule has 66 valence electrons. The number of Topliss-reactive ketones (excluding diaryl/α,β-unsaturated/α-hetero) is 1. The number of carbonyl (C=O) groups excluding carboxylic acids is 1. The minimum atomic E-state index is -0.490. The number of benzene rings is 1. The Balaban J connectivity index is 3.06. The maximum atomic E-state index is 12.9. The van der Waals surface area contributed by atoms with Gasteiger partial charge in [-0.15, -0.1) is 0 Å². The van der Waals surface area contributed by atoms with E-state index in [2.05, 4.69) is 0 Å². The van der Waals surface area contributed by atoms with E-state index < -0.39 is 5.82 Å². The number of hydrogen-bond acceptors (Lipinski definition) is 2. The molecule has 0 saturated heterocycles. The predicted molar refractivity (Wildman–Crippen MR) is 47.8 cm³/mol. The lowest BCUT2D eigenvalue weighted by Gasteiger charge is -2.03. The Bertz CT molecular complexity index is 325. The fraction of sp³-hybridized carbons (Fsp3) is 0.222. The van der Waals surface area contributed by atoms with Crippen molar-refractivity contribution < 1.29 is 13.9 Å². The summed E-state index contributed by atoms with van der Waals surface area (Å²) in [6.07, 6.45) is -0.0885. The van der Waals surface area contributed by atoms with Gasteiger partial charge in [-0.25, -0.2) is 4.39 Å². The molecule has 1 aromatic carbocycles. The van der Waals surface area contributed by atoms with Crippen LogP contribution in [0.4, 0.5) is 4.39 Å². The van der Waals surface area contributed by atoms with Crippen LogP contribution in [0.1, 0.15) is 10.4 Å². The summed E-state index contributed by atoms with van der Waals surface area (Å²) in [5, 5.41) is 0. The van der Waals surface area contributed by atoms with E-state index in [0.717, 1.165) is 0 Å². The van der Waals surface area contributed by atoms with Gasteiger partial charge < -0.3 is 4.74 Å². The number of halogens is 1. The van der Waals surface area contributed by atoms with E-state index in [9.17, 15) is 9.18 Å². The number of ketones is 1. The third-order valence-electron chi connectivity index (χ3n) is 1.66. The van der Waals surface area contributed by atoms with Gasteiger partial charge in [0.05, 0.1) is 15.0 Å². The standard InChI is InChI=1S/C9H8BFO2/c1-13-9-4-6(8(12)5-10)2-3-7(9)11/h2-4H,5H2,1H3. The fourth-order valence-electron chi connectivity index (χ4n) is 0.951. The van der Waals surface area contributed by atoms with Gasteiger partial charge in [-0.1, -0.05) is 0 Å². The molecule has 0 aliphatic carbocycles. The Hall–Kier alpha value is -1.32. The Morgan fingerprint density at radius 3 is 2.85 bits per heavy atom. The predicted octanol–water partition coefficient (Wildman–Crippen LogP) is 1.60. The minimum absolute atomic E-state index is 0.0549. The summed E-state index contributed by atoms with van der Waals surface area (Å²) in [7, 11) is 6.49. The molecule has 4 heteroatoms. The van der Waals surface area contributed by atoms with Crippen molar-refractivity contribution in [3.63, 3.8) is 0 Å². The topological polar surface area (TPSA) is 26.3 Å². The van der Waals surface area contributed by atoms with Crippen molar-refractivity contribution >= 4 is 13.6 Å². The van der Waals surface area contributed by atoms with E-state index in [0.29, 0.717) is 5.56 Å². The molecule has 0 amide bonds. The van der Waals surface area contributed by atoms with Crippen molar-refractivity contribution in [2.75, 3.05) is 7.11 Å². The van der Waals surface area contributed by atoms with Gasteiger partial charge >= 0.3 is 0 Å². The van der Waals surface area contributed by atoms with E-state index in [1.165, 1.54) is 25.3 Å². The lowest BCUT2D eigenvalue weighted by molar-refractivity contribution is 0.101. The highest BCUT2D eigenvalue weighted by molar-refractivity contribution is 6.24. The first kappa shape index (κ1) is 9.77. The molecule has 0 spiro atoms. The Morgan fingerprint density at radius 2 is 2.31 bits per heavy atom. The highest BCUT2D eigenvalue weighted by Gasteiger charge is 2.07. The van der Waals surface area contributed by atoms with Crippen LogP contribution in [-0.4, -0.2) is 20.7 Å². The molecule has 0 aliphatic rings. The monoisotopic (exact) mass is 178 g/mol. The summed E-state index contributed by atoms with van der Waals surface area (Å²) in [5.74, 6) is -0.673. The van der Waals surface area contributed by atoms with Gasteiger partial charge in [-0.3, -0.25) is 4.79 Å². The molecule has 2 radical (unpaired) electrons. The van der Waals surface area contributed by atoms with E-state index in [1.54, 1.807) is 0 Å². The van der Waals surface area contributed by atoms with Crippen LogP contribution in [0.15, 0.2) is 18.2 Å². The third-order valence-corrected chi connectivity index (χ3v) is 1.66. The molecule has 0 aromatic heterocycles. The van der Waals surface area contributed by atoms with E-state index in [-0.39, 0.29) is 17.9 Å². The van der Waals surface area contributed by atoms with Gasteiger partial charge in [-0.2, -0.15) is 0 Å². The van der Waals surface area contributed by atoms with Crippen molar-refractivity contribution in [2.45, 2.75) is 6.32 Å². The van der Waals surface area contributed by atoms with Crippen LogP contribution in [0.25, 0.3) is 0 Å². The number of methoxy groups -OCH3 is 1. The summed E-state index contributed by atoms with van der Waals surface area (Å²) < 4.78 is 17.6. The molecule has 0 aliphatic heterocycles. The van der Waals surface area contributed by atoms with Crippen LogP contribution in [-0.2, 0) is 0 Å². The summed E-state index contributed by atoms with van der Waals surface area (Å²) in [6, 6.07) is 3.90. The summed E-state index contributed by atoms with van der Waals surface area (Å²) in [4.78, 5) is 11.1. The van der Waals surface area contributed by atoms with E-state index in [1.807, 2.05) is 0 Å². The molecule has 0 atom stereocenters. The average Bonchev–Trinajstić information content (AvgIpc) is 2.17. The molecular weight excluding hydrogens is 170 g/mol. The zero-order valence-electron chi connectivity index (χ0n) is 7.21. The summed E-state index contributed by atoms with van der Waals surface area (Å²) in [6.45, 7) is 0. The highest BCUT2D eigenvalue weighted by atomic mass is 19.1. The number of hydrogen-bond donors (Lipinski definition) is 0. The Kier molecular flexibility index (Phi) is 3.06. The molecule has 0 N–H and O–H groups in total. The van der Waals surface area contributed by atoms with Crippen molar-refractivity contribution in [3.05, 3.63) is 29.6 Å². The van der Waals surface area contributed by atoms with Gasteiger partial charge in [-0.05, 0) is 24.5 Å². The van der Waals surface area contributed by atoms with Gasteiger partial charge in [0.2, 0.25) is 0 Å². The molecular formula is C9H8BFO2. The van der Waals surface area contributed by atoms with Crippen LogP contribution in [0.3, 0.4) is 0 Å². The van der Waals surface area contributed by atoms with E-state index in [4.69, 9.17) is 12.6 Å². The summed E-state index contributed by atoms with van der Waals surface area (Å²) >= 11 is 0. The van der Waals surface area contributed by atoms with Gasteiger partial charge in [0.1, 0.15) is 0 Å². The van der Waals surface area contributed by atoms with Gasteiger partial charge in [0.25, 0.3) is 0 Å². The molecule has 13 heavy (non-hydrogen) atoms. The molecule has 1 aromatic rings. The van der Waals surface area contributed by atoms with Crippen LogP contribution < -0.4 is 4.74 Å². The second-order valence-corrected chi connectivity index (χ2v) is 2.48. The van der Waals surface area contributed by atoms with Crippen LogP contribution in [0, 0.1) is 5.82 Å². The lowest BCUT2D eigenvalue weighted by Crippen LogP contribution is -1.99. The number of ether oxygens (including phenoxy) is 1. The number of carbonyl (C=O) groups is 1. The molecule has 0 heterocycles. The average molecular weight is 178 g/mol. The molecule has 1 rings (SSSR count). The maximum Gasteiger partial charge on any atom is 0.165 e. The van der Waals surface area contributed by atoms with Crippen LogP contribution >= 0.6 is 0 Å². The molecule has 0 saturated carbocycles. The first-order valence-corrected chi connectivity index (χ1v) is 3.76. The normalized spacial score (nSPS) is 9.69. The fourth-order valence-corrected chi connectivity index (χ4v) is 0.951. The van der Waals surface area contributed by atoms with Crippen molar-refractivity contribution in [1.82, 2.24) is 0 Å². The quantitative estimate of drug-likeness (QED) is 0.519. The summed E-state index contributed by atoms with van der Waals surface area (Å²) in [5.41, 5.74) is 0.362. The third kappa shape index (κ3) is 2.08. The van der Waals surface area contributed by atoms with Crippen LogP contribution in [0.2, 0.25) is 6.32 Å². The number of rotatable bonds is 3. The van der Waals surface area contributed by atoms with Crippen molar-refractivity contribution in [2.24, 2.45) is 0 Å². The molecule has 2 nitrogen and oxygen atoms in total. The lowest BCUT2D eigenvalue weighted by atomic mass is 9.96. The first-order chi connectivity index (χ1) is 6.19. The largest absolute Gasteiger partial charge is 0.494 e. The van der Waals surface area contributed by atoms with Gasteiger partial charge in [0, 0.05) is 5.56 Å². The zero-order chi connectivity index (χ0) is 9.84. The van der Waals surface area contributed by atoms with Crippen molar-refractivity contribution in [3.8, 4) is 5.75 Å². The molecule has 0 fully saturated rings. The maximum absolute atomic E-state index is 12.9. The van der Waals surface area contributed by atoms with Crippen molar-refractivity contribution in [1.29, 1.82) is 0 Å². The zero-order valence-corrected chi connectivity index (χ0v) is 7.21. The minimum Gasteiger partial charge on any atom is -0.494 e. The highest BCUT2D eigenvalue weighted by Crippen LogP contribution is 2.18. The van der Waals surface area contributed by atoms with Crippen LogP contribution in [0.5, 0.6) is 5.75 Å². The van der Waals surface area contributed by atoms with Gasteiger partial charge in [0.15, 0.2) is 17.3 Å². The first-order valence-electron chi connectivity index (χ1n) is 3.76.